The van der Waals surface area contributed by atoms with Gasteiger partial charge in [0.15, 0.2) is 0 Å². The van der Waals surface area contributed by atoms with Crippen LogP contribution in [0.15, 0.2) is 65.1 Å². The fourth-order valence-corrected chi connectivity index (χ4v) is 1.26. The van der Waals surface area contributed by atoms with Gasteiger partial charge < -0.3 is 0 Å². The molecule has 0 bridgehead atoms. The van der Waals surface area contributed by atoms with Crippen LogP contribution in [0.4, 0.5) is 0 Å². The summed E-state index contributed by atoms with van der Waals surface area (Å²) in [6.45, 7) is 0. The highest BCUT2D eigenvalue weighted by atomic mass is 32.2. The first kappa shape index (κ1) is 13.1. The third kappa shape index (κ3) is 5.05. The average Bonchev–Trinajstić information content (AvgIpc) is 2.41. The summed E-state index contributed by atoms with van der Waals surface area (Å²) in [6, 6.07) is 20.8. The van der Waals surface area contributed by atoms with Gasteiger partial charge in [-0.2, -0.15) is 8.42 Å². The Kier molecular flexibility index (Phi) is 5.63. The van der Waals surface area contributed by atoms with Crippen molar-refractivity contribution < 1.29 is 8.42 Å². The topological polar surface area (TPSA) is 72.5 Å². The second-order valence-corrected chi connectivity index (χ2v) is 3.70. The van der Waals surface area contributed by atoms with Crippen molar-refractivity contribution >= 4 is 10.5 Å². The van der Waals surface area contributed by atoms with Crippen LogP contribution in [0.1, 0.15) is 0 Å². The van der Waals surface area contributed by atoms with Crippen LogP contribution >= 0.6 is 0 Å². The Balaban J connectivity index is 0.000000249. The van der Waals surface area contributed by atoms with Gasteiger partial charge in [-0.05, 0) is 11.1 Å². The minimum Gasteiger partial charge on any atom is -0.212 e. The van der Waals surface area contributed by atoms with Crippen LogP contribution in [0.3, 0.4) is 0 Å². The molecular weight excluding hydrogens is 236 g/mol. The van der Waals surface area contributed by atoms with E-state index in [4.69, 9.17) is 8.42 Å². The van der Waals surface area contributed by atoms with E-state index in [1.165, 1.54) is 11.1 Å². The first-order valence-electron chi connectivity index (χ1n) is 4.85. The smallest absolute Gasteiger partial charge is 0.212 e. The monoisotopic (exact) mass is 248 g/mol. The van der Waals surface area contributed by atoms with Crippen molar-refractivity contribution in [2.75, 3.05) is 0 Å². The summed E-state index contributed by atoms with van der Waals surface area (Å²) in [6.07, 6.45) is 0. The SMILES string of the molecule is NN=S(=O)=O.c1ccc(-c2ccccc2)cc1. The number of rotatable bonds is 1. The van der Waals surface area contributed by atoms with Gasteiger partial charge in [-0.15, -0.1) is 0 Å². The summed E-state index contributed by atoms with van der Waals surface area (Å²) in [4.78, 5) is 0. The highest BCUT2D eigenvalue weighted by Crippen LogP contribution is 2.17. The first-order valence-corrected chi connectivity index (χ1v) is 5.88. The zero-order chi connectivity index (χ0) is 12.5. The molecule has 2 N–H and O–H groups in total. The molecular formula is C12H12N2O2S. The number of hydrogen-bond donors (Lipinski definition) is 1. The molecule has 4 nitrogen and oxygen atoms in total. The quantitative estimate of drug-likeness (QED) is 0.621. The highest BCUT2D eigenvalue weighted by molar-refractivity contribution is 7.61. The Labute approximate surface area is 101 Å². The lowest BCUT2D eigenvalue weighted by atomic mass is 10.1. The van der Waals surface area contributed by atoms with Gasteiger partial charge in [0.1, 0.15) is 0 Å². The third-order valence-corrected chi connectivity index (χ3v) is 2.14. The molecule has 0 saturated heterocycles. The molecule has 17 heavy (non-hydrogen) atoms. The van der Waals surface area contributed by atoms with Crippen molar-refractivity contribution in [2.24, 2.45) is 10.3 Å². The fraction of sp³-hybridized carbons (Fsp3) is 0. The van der Waals surface area contributed by atoms with Crippen LogP contribution in [-0.2, 0) is 10.5 Å². The minimum absolute atomic E-state index is 1.28. The van der Waals surface area contributed by atoms with Crippen LogP contribution in [0.2, 0.25) is 0 Å². The van der Waals surface area contributed by atoms with E-state index >= 15 is 0 Å². The van der Waals surface area contributed by atoms with E-state index in [9.17, 15) is 0 Å². The van der Waals surface area contributed by atoms with Crippen LogP contribution in [-0.4, -0.2) is 8.42 Å². The van der Waals surface area contributed by atoms with E-state index in [1.807, 2.05) is 12.1 Å². The van der Waals surface area contributed by atoms with Crippen LogP contribution < -0.4 is 5.84 Å². The minimum atomic E-state index is -2.42. The third-order valence-electron chi connectivity index (χ3n) is 1.97. The highest BCUT2D eigenvalue weighted by Gasteiger charge is 1.91. The van der Waals surface area contributed by atoms with Gasteiger partial charge in [-0.1, -0.05) is 65.1 Å². The zero-order valence-electron chi connectivity index (χ0n) is 9.02. The molecule has 0 radical (unpaired) electrons. The molecule has 0 saturated carbocycles. The predicted molar refractivity (Wildman–Crippen MR) is 67.4 cm³/mol. The van der Waals surface area contributed by atoms with Crippen molar-refractivity contribution in [3.05, 3.63) is 60.7 Å². The maximum absolute atomic E-state index is 9.08. The molecule has 0 aliphatic heterocycles. The Morgan fingerprint density at radius 1 is 0.765 bits per heavy atom. The van der Waals surface area contributed by atoms with Crippen LogP contribution in [0.25, 0.3) is 11.1 Å². The van der Waals surface area contributed by atoms with Gasteiger partial charge in [-0.3, -0.25) is 0 Å². The zero-order valence-corrected chi connectivity index (χ0v) is 9.84. The fourth-order valence-electron chi connectivity index (χ4n) is 1.26. The molecule has 0 aliphatic carbocycles. The Hall–Kier alpha value is -1.98. The number of benzene rings is 2. The molecule has 0 unspecified atom stereocenters. The summed E-state index contributed by atoms with van der Waals surface area (Å²) in [7, 11) is -2.42. The Bertz CT molecular complexity index is 520. The molecule has 2 rings (SSSR count). The molecule has 0 heterocycles. The van der Waals surface area contributed by atoms with Crippen molar-refractivity contribution in [3.63, 3.8) is 0 Å². The van der Waals surface area contributed by atoms with E-state index in [1.54, 1.807) is 0 Å². The summed E-state index contributed by atoms with van der Waals surface area (Å²) >= 11 is 0. The Morgan fingerprint density at radius 2 is 1.06 bits per heavy atom. The van der Waals surface area contributed by atoms with Crippen molar-refractivity contribution in [3.8, 4) is 11.1 Å². The molecule has 0 aromatic heterocycles. The maximum atomic E-state index is 9.08. The van der Waals surface area contributed by atoms with E-state index in [0.717, 1.165) is 0 Å². The summed E-state index contributed by atoms with van der Waals surface area (Å²) < 4.78 is 20.5. The van der Waals surface area contributed by atoms with E-state index in [-0.39, 0.29) is 0 Å². The van der Waals surface area contributed by atoms with Crippen LogP contribution in [0, 0.1) is 0 Å². The number of nitrogens with zero attached hydrogens (tertiary/aromatic N) is 1. The standard InChI is InChI=1S/C12H10.H2N2O2S/c1-3-7-11(8-4-1)12-9-5-2-6-10-12;1-2-5(3)4/h1-10H;1H2. The second-order valence-electron chi connectivity index (χ2n) is 3.05. The second kappa shape index (κ2) is 7.32. The van der Waals surface area contributed by atoms with Crippen molar-refractivity contribution in [2.45, 2.75) is 0 Å². The van der Waals surface area contributed by atoms with Crippen molar-refractivity contribution in [1.82, 2.24) is 0 Å². The largest absolute Gasteiger partial charge is 0.327 e. The molecule has 0 spiro atoms. The van der Waals surface area contributed by atoms with Gasteiger partial charge in [0.05, 0.1) is 0 Å². The van der Waals surface area contributed by atoms with Crippen molar-refractivity contribution in [1.29, 1.82) is 0 Å². The van der Waals surface area contributed by atoms with Gasteiger partial charge >= 0.3 is 10.5 Å². The summed E-state index contributed by atoms with van der Waals surface area (Å²) in [5, 5.41) is 0. The average molecular weight is 248 g/mol. The van der Waals surface area contributed by atoms with Gasteiger partial charge in [-0.25, -0.2) is 5.84 Å². The van der Waals surface area contributed by atoms with E-state index in [2.05, 4.69) is 58.8 Å². The lowest BCUT2D eigenvalue weighted by Crippen LogP contribution is -1.73. The molecule has 5 heteroatoms. The molecule has 2 aromatic carbocycles. The molecule has 0 aliphatic rings. The van der Waals surface area contributed by atoms with Gasteiger partial charge in [0, 0.05) is 0 Å². The summed E-state index contributed by atoms with van der Waals surface area (Å²) in [5.74, 6) is 4.18. The van der Waals surface area contributed by atoms with E-state index < -0.39 is 10.5 Å². The molecule has 0 atom stereocenters. The predicted octanol–water partition coefficient (Wildman–Crippen LogP) is 2.28. The number of hydrogen-bond acceptors (Lipinski definition) is 3. The number of nitrogens with two attached hydrogens (primary N) is 1. The molecule has 88 valence electrons. The molecule has 2 aromatic rings. The maximum Gasteiger partial charge on any atom is 0.327 e. The van der Waals surface area contributed by atoms with Gasteiger partial charge in [0.2, 0.25) is 0 Å². The Morgan fingerprint density at radius 3 is 1.29 bits per heavy atom. The van der Waals surface area contributed by atoms with E-state index in [0.29, 0.717) is 0 Å². The molecule has 0 fully saturated rings. The first-order chi connectivity index (χ1) is 8.24. The van der Waals surface area contributed by atoms with Crippen LogP contribution in [0.5, 0.6) is 0 Å². The molecule has 0 amide bonds. The lowest BCUT2D eigenvalue weighted by molar-refractivity contribution is 0.620. The normalized spacial score (nSPS) is 8.76. The van der Waals surface area contributed by atoms with Gasteiger partial charge in [0.25, 0.3) is 0 Å². The summed E-state index contributed by atoms with van der Waals surface area (Å²) in [5.41, 5.74) is 2.55. The lowest BCUT2D eigenvalue weighted by Gasteiger charge is -1.98.